The minimum atomic E-state index is -0.508. The van der Waals surface area contributed by atoms with Crippen molar-refractivity contribution in [2.45, 2.75) is 65.6 Å². The quantitative estimate of drug-likeness (QED) is 0.779. The average molecular weight is 306 g/mol. The topological polar surface area (TPSA) is 27.7 Å². The third-order valence-corrected chi connectivity index (χ3v) is 4.21. The first-order valence-electron chi connectivity index (χ1n) is 8.34. The van der Waals surface area contributed by atoms with Crippen molar-refractivity contribution in [3.8, 4) is 0 Å². The summed E-state index contributed by atoms with van der Waals surface area (Å²) in [6.45, 7) is 12.0. The van der Waals surface area contributed by atoms with Gasteiger partial charge in [0.2, 0.25) is 0 Å². The van der Waals surface area contributed by atoms with Gasteiger partial charge >= 0.3 is 0 Å². The minimum Gasteiger partial charge on any atom is -0.376 e. The zero-order valence-electron chi connectivity index (χ0n) is 14.5. The van der Waals surface area contributed by atoms with Crippen molar-refractivity contribution < 1.29 is 14.2 Å². The van der Waals surface area contributed by atoms with Gasteiger partial charge in [-0.2, -0.15) is 0 Å². The molecule has 3 atom stereocenters. The van der Waals surface area contributed by atoms with Crippen LogP contribution in [-0.4, -0.2) is 24.6 Å². The van der Waals surface area contributed by atoms with Crippen molar-refractivity contribution in [1.82, 2.24) is 0 Å². The van der Waals surface area contributed by atoms with E-state index in [2.05, 4.69) is 32.9 Å². The highest BCUT2D eigenvalue weighted by atomic mass is 16.7. The normalized spacial score (nSPS) is 26.1. The Kier molecular flexibility index (Phi) is 6.01. The van der Waals surface area contributed by atoms with E-state index in [0.717, 1.165) is 6.42 Å². The van der Waals surface area contributed by atoms with Crippen LogP contribution in [0.15, 0.2) is 30.3 Å². The molecule has 0 unspecified atom stereocenters. The van der Waals surface area contributed by atoms with E-state index in [-0.39, 0.29) is 12.2 Å². The molecule has 0 aromatic heterocycles. The van der Waals surface area contributed by atoms with Crippen LogP contribution < -0.4 is 0 Å². The van der Waals surface area contributed by atoms with Crippen LogP contribution in [0.25, 0.3) is 0 Å². The lowest BCUT2D eigenvalue weighted by molar-refractivity contribution is -0.315. The maximum atomic E-state index is 6.12. The van der Waals surface area contributed by atoms with Crippen molar-refractivity contribution in [2.24, 2.45) is 11.8 Å². The fraction of sp³-hybridized carbons (Fsp3) is 0.684. The van der Waals surface area contributed by atoms with Gasteiger partial charge < -0.3 is 14.2 Å². The summed E-state index contributed by atoms with van der Waals surface area (Å²) in [5.74, 6) is 0.349. The number of rotatable bonds is 6. The van der Waals surface area contributed by atoms with Crippen LogP contribution >= 0.6 is 0 Å². The van der Waals surface area contributed by atoms with Gasteiger partial charge in [-0.05, 0) is 25.3 Å². The van der Waals surface area contributed by atoms with Crippen molar-refractivity contribution >= 4 is 0 Å². The maximum Gasteiger partial charge on any atom is 0.163 e. The number of ether oxygens (including phenoxy) is 3. The Morgan fingerprint density at radius 3 is 2.36 bits per heavy atom. The molecule has 1 aliphatic rings. The lowest BCUT2D eigenvalue weighted by atomic mass is 9.92. The SMILES string of the molecule is CC(C)[C@H]1C[C@@H]([C@@H](C)COCc2ccccc2)OC(C)(C)O1. The Morgan fingerprint density at radius 1 is 1.09 bits per heavy atom. The van der Waals surface area contributed by atoms with Crippen molar-refractivity contribution in [3.63, 3.8) is 0 Å². The molecule has 1 fully saturated rings. The lowest BCUT2D eigenvalue weighted by Gasteiger charge is -2.44. The van der Waals surface area contributed by atoms with Crippen LogP contribution in [0.2, 0.25) is 0 Å². The van der Waals surface area contributed by atoms with Crippen LogP contribution in [0.5, 0.6) is 0 Å². The monoisotopic (exact) mass is 306 g/mol. The molecule has 1 aromatic carbocycles. The number of benzene rings is 1. The first kappa shape index (κ1) is 17.5. The Hall–Kier alpha value is -0.900. The second-order valence-corrected chi connectivity index (χ2v) is 7.17. The van der Waals surface area contributed by atoms with E-state index in [4.69, 9.17) is 14.2 Å². The average Bonchev–Trinajstić information content (AvgIpc) is 2.46. The summed E-state index contributed by atoms with van der Waals surface area (Å²) in [4.78, 5) is 0. The molecule has 22 heavy (non-hydrogen) atoms. The number of hydrogen-bond acceptors (Lipinski definition) is 3. The van der Waals surface area contributed by atoms with Crippen LogP contribution in [0.1, 0.15) is 46.6 Å². The molecule has 0 saturated carbocycles. The molecule has 1 aliphatic heterocycles. The standard InChI is InChI=1S/C19H30O3/c1-14(2)17-11-18(22-19(4,5)21-17)15(3)12-20-13-16-9-7-6-8-10-16/h6-10,14-15,17-18H,11-13H2,1-5H3/t15-,17+,18-/m0/s1. The van der Waals surface area contributed by atoms with Crippen molar-refractivity contribution in [3.05, 3.63) is 35.9 Å². The highest BCUT2D eigenvalue weighted by Gasteiger charge is 2.38. The first-order valence-corrected chi connectivity index (χ1v) is 8.34. The van der Waals surface area contributed by atoms with Gasteiger partial charge in [-0.3, -0.25) is 0 Å². The van der Waals surface area contributed by atoms with Gasteiger partial charge in [0.1, 0.15) is 0 Å². The highest BCUT2D eigenvalue weighted by molar-refractivity contribution is 5.13. The van der Waals surface area contributed by atoms with E-state index in [1.807, 2.05) is 32.0 Å². The molecule has 3 nitrogen and oxygen atoms in total. The predicted octanol–water partition coefficient (Wildman–Crippen LogP) is 4.41. The Labute approximate surface area is 135 Å². The molecule has 0 amide bonds. The molecule has 0 aliphatic carbocycles. The van der Waals surface area contributed by atoms with Crippen LogP contribution in [0.3, 0.4) is 0 Å². The first-order chi connectivity index (χ1) is 10.4. The minimum absolute atomic E-state index is 0.187. The van der Waals surface area contributed by atoms with Crippen molar-refractivity contribution in [1.29, 1.82) is 0 Å². The van der Waals surface area contributed by atoms with E-state index in [1.165, 1.54) is 5.56 Å². The third kappa shape index (κ3) is 5.08. The molecule has 0 radical (unpaired) electrons. The lowest BCUT2D eigenvalue weighted by Crippen LogP contribution is -2.49. The fourth-order valence-electron chi connectivity index (χ4n) is 2.88. The maximum absolute atomic E-state index is 6.12. The fourth-order valence-corrected chi connectivity index (χ4v) is 2.88. The second-order valence-electron chi connectivity index (χ2n) is 7.17. The predicted molar refractivity (Wildman–Crippen MR) is 88.5 cm³/mol. The molecule has 1 heterocycles. The molecular weight excluding hydrogens is 276 g/mol. The van der Waals surface area contributed by atoms with Crippen LogP contribution in [0.4, 0.5) is 0 Å². The van der Waals surface area contributed by atoms with Crippen molar-refractivity contribution in [2.75, 3.05) is 6.61 Å². The molecule has 1 aromatic rings. The van der Waals surface area contributed by atoms with E-state index in [1.54, 1.807) is 0 Å². The summed E-state index contributed by atoms with van der Waals surface area (Å²) in [5.41, 5.74) is 1.21. The van der Waals surface area contributed by atoms with Crippen LogP contribution in [0, 0.1) is 11.8 Å². The molecule has 1 saturated heterocycles. The summed E-state index contributed by atoms with van der Waals surface area (Å²) in [6, 6.07) is 10.3. The molecule has 0 spiro atoms. The van der Waals surface area contributed by atoms with E-state index in [0.29, 0.717) is 25.0 Å². The molecule has 0 bridgehead atoms. The smallest absolute Gasteiger partial charge is 0.163 e. The van der Waals surface area contributed by atoms with Gasteiger partial charge in [0.15, 0.2) is 5.79 Å². The Bertz CT molecular complexity index is 441. The van der Waals surface area contributed by atoms with Gasteiger partial charge in [-0.25, -0.2) is 0 Å². The Balaban J connectivity index is 1.84. The van der Waals surface area contributed by atoms with Gasteiger partial charge in [0.25, 0.3) is 0 Å². The van der Waals surface area contributed by atoms with Gasteiger partial charge in [0.05, 0.1) is 25.4 Å². The highest BCUT2D eigenvalue weighted by Crippen LogP contribution is 2.33. The summed E-state index contributed by atoms with van der Waals surface area (Å²) < 4.78 is 18.0. The van der Waals surface area contributed by atoms with E-state index >= 15 is 0 Å². The summed E-state index contributed by atoms with van der Waals surface area (Å²) >= 11 is 0. The summed E-state index contributed by atoms with van der Waals surface area (Å²) in [5, 5.41) is 0. The van der Waals surface area contributed by atoms with Gasteiger partial charge in [0, 0.05) is 12.3 Å². The van der Waals surface area contributed by atoms with E-state index < -0.39 is 5.79 Å². The molecular formula is C19H30O3. The summed E-state index contributed by atoms with van der Waals surface area (Å²) in [6.07, 6.45) is 1.38. The summed E-state index contributed by atoms with van der Waals surface area (Å²) in [7, 11) is 0. The third-order valence-electron chi connectivity index (χ3n) is 4.21. The largest absolute Gasteiger partial charge is 0.376 e. The van der Waals surface area contributed by atoms with Gasteiger partial charge in [-0.15, -0.1) is 0 Å². The zero-order chi connectivity index (χ0) is 16.2. The second kappa shape index (κ2) is 7.58. The Morgan fingerprint density at radius 2 is 1.73 bits per heavy atom. The zero-order valence-corrected chi connectivity index (χ0v) is 14.5. The molecule has 2 rings (SSSR count). The molecule has 124 valence electrons. The van der Waals surface area contributed by atoms with E-state index in [9.17, 15) is 0 Å². The number of hydrogen-bond donors (Lipinski definition) is 0. The molecule has 3 heteroatoms. The van der Waals surface area contributed by atoms with Gasteiger partial charge in [-0.1, -0.05) is 51.1 Å². The van der Waals surface area contributed by atoms with Crippen LogP contribution in [-0.2, 0) is 20.8 Å². The molecule has 0 N–H and O–H groups in total.